The van der Waals surface area contributed by atoms with E-state index in [0.29, 0.717) is 0 Å². The van der Waals surface area contributed by atoms with Gasteiger partial charge in [0.05, 0.1) is 6.04 Å². The topological polar surface area (TPSA) is 34.0 Å². The van der Waals surface area contributed by atoms with Gasteiger partial charge in [-0.25, -0.2) is 0 Å². The maximum Gasteiger partial charge on any atom is 0.154 e. The van der Waals surface area contributed by atoms with Crippen molar-refractivity contribution >= 4 is 15.9 Å². The molecule has 1 aromatic heterocycles. The molecule has 18 heavy (non-hydrogen) atoms. The van der Waals surface area contributed by atoms with E-state index in [1.165, 1.54) is 12.0 Å². The summed E-state index contributed by atoms with van der Waals surface area (Å²) in [6.07, 6.45) is 3.03. The second kappa shape index (κ2) is 4.82. The molecule has 2 heterocycles. The molecule has 1 atom stereocenters. The molecule has 0 amide bonds. The predicted molar refractivity (Wildman–Crippen MR) is 73.2 cm³/mol. The highest BCUT2D eigenvalue weighted by molar-refractivity contribution is 9.10. The summed E-state index contributed by atoms with van der Waals surface area (Å²) in [7, 11) is 2.00. The summed E-state index contributed by atoms with van der Waals surface area (Å²) in [5, 5.41) is 8.29. The van der Waals surface area contributed by atoms with Gasteiger partial charge in [-0.1, -0.05) is 28.1 Å². The van der Waals surface area contributed by atoms with Gasteiger partial charge in [-0.05, 0) is 24.1 Å². The van der Waals surface area contributed by atoms with E-state index in [2.05, 4.69) is 49.2 Å². The molecule has 0 radical (unpaired) electrons. The Morgan fingerprint density at radius 3 is 2.72 bits per heavy atom. The molecule has 1 aliphatic rings. The van der Waals surface area contributed by atoms with Crippen molar-refractivity contribution in [3.63, 3.8) is 0 Å². The van der Waals surface area contributed by atoms with Gasteiger partial charge in [0, 0.05) is 24.6 Å². The van der Waals surface area contributed by atoms with Crippen LogP contribution in [0.1, 0.15) is 23.9 Å². The standard InChI is InChI=1S/C13H15BrN4/c1-17-9-15-16-13(17)12(18-6-3-7-18)10-4-2-5-11(14)8-10/h2,4-5,8-9,12H,3,6-7H2,1H3. The van der Waals surface area contributed by atoms with Crippen LogP contribution in [-0.2, 0) is 7.05 Å². The first-order valence-electron chi connectivity index (χ1n) is 6.09. The maximum absolute atomic E-state index is 4.28. The monoisotopic (exact) mass is 306 g/mol. The maximum atomic E-state index is 4.28. The van der Waals surface area contributed by atoms with Crippen LogP contribution in [0.3, 0.4) is 0 Å². The molecule has 1 aromatic carbocycles. The van der Waals surface area contributed by atoms with Crippen molar-refractivity contribution in [1.29, 1.82) is 0 Å². The predicted octanol–water partition coefficient (Wildman–Crippen LogP) is 2.37. The average molecular weight is 307 g/mol. The lowest BCUT2D eigenvalue weighted by molar-refractivity contribution is 0.133. The van der Waals surface area contributed by atoms with Gasteiger partial charge < -0.3 is 4.57 Å². The van der Waals surface area contributed by atoms with Crippen LogP contribution in [0.4, 0.5) is 0 Å². The molecule has 1 fully saturated rings. The smallest absolute Gasteiger partial charge is 0.154 e. The Labute approximate surface area is 115 Å². The molecule has 4 nitrogen and oxygen atoms in total. The summed E-state index contributed by atoms with van der Waals surface area (Å²) in [5.41, 5.74) is 1.26. The second-order valence-corrected chi connectivity index (χ2v) is 5.56. The molecule has 0 N–H and O–H groups in total. The third kappa shape index (κ3) is 2.08. The van der Waals surface area contributed by atoms with Crippen molar-refractivity contribution in [3.8, 4) is 0 Å². The Morgan fingerprint density at radius 2 is 2.17 bits per heavy atom. The van der Waals surface area contributed by atoms with Crippen LogP contribution < -0.4 is 0 Å². The van der Waals surface area contributed by atoms with Gasteiger partial charge in [-0.3, -0.25) is 4.90 Å². The zero-order chi connectivity index (χ0) is 12.5. The minimum Gasteiger partial charge on any atom is -0.319 e. The third-order valence-corrected chi connectivity index (χ3v) is 3.90. The largest absolute Gasteiger partial charge is 0.319 e. The van der Waals surface area contributed by atoms with Gasteiger partial charge in [-0.2, -0.15) is 0 Å². The molecule has 1 unspecified atom stereocenters. The third-order valence-electron chi connectivity index (χ3n) is 3.41. The molecule has 1 aliphatic heterocycles. The van der Waals surface area contributed by atoms with Crippen molar-refractivity contribution < 1.29 is 0 Å². The van der Waals surface area contributed by atoms with E-state index in [-0.39, 0.29) is 6.04 Å². The Morgan fingerprint density at radius 1 is 1.33 bits per heavy atom. The summed E-state index contributed by atoms with van der Waals surface area (Å²) in [4.78, 5) is 2.44. The number of benzene rings is 1. The van der Waals surface area contributed by atoms with E-state index in [9.17, 15) is 0 Å². The SMILES string of the molecule is Cn1cnnc1C(c1cccc(Br)c1)N1CCC1. The highest BCUT2D eigenvalue weighted by Crippen LogP contribution is 2.31. The van der Waals surface area contributed by atoms with E-state index in [4.69, 9.17) is 0 Å². The van der Waals surface area contributed by atoms with Crippen molar-refractivity contribution in [3.05, 3.63) is 46.5 Å². The van der Waals surface area contributed by atoms with Gasteiger partial charge in [-0.15, -0.1) is 10.2 Å². The van der Waals surface area contributed by atoms with Crippen LogP contribution in [-0.4, -0.2) is 32.8 Å². The zero-order valence-corrected chi connectivity index (χ0v) is 11.8. The highest BCUT2D eigenvalue weighted by Gasteiger charge is 2.30. The van der Waals surface area contributed by atoms with Crippen molar-refractivity contribution in [2.75, 3.05) is 13.1 Å². The number of halogens is 1. The molecule has 3 rings (SSSR count). The van der Waals surface area contributed by atoms with Crippen LogP contribution in [0.25, 0.3) is 0 Å². The van der Waals surface area contributed by atoms with Gasteiger partial charge in [0.1, 0.15) is 6.33 Å². The van der Waals surface area contributed by atoms with Crippen molar-refractivity contribution in [1.82, 2.24) is 19.7 Å². The first-order chi connectivity index (χ1) is 8.75. The number of rotatable bonds is 3. The molecule has 2 aromatic rings. The Kier molecular flexibility index (Phi) is 3.18. The zero-order valence-electron chi connectivity index (χ0n) is 10.3. The first-order valence-corrected chi connectivity index (χ1v) is 6.88. The van der Waals surface area contributed by atoms with Crippen LogP contribution >= 0.6 is 15.9 Å². The molecule has 0 bridgehead atoms. The molecule has 0 spiro atoms. The first kappa shape index (κ1) is 11.9. The Hall–Kier alpha value is -1.20. The fourth-order valence-corrected chi connectivity index (χ4v) is 2.76. The average Bonchev–Trinajstić information content (AvgIpc) is 2.69. The Balaban J connectivity index is 2.03. The van der Waals surface area contributed by atoms with Crippen LogP contribution in [0.2, 0.25) is 0 Å². The number of aryl methyl sites for hydroxylation is 1. The van der Waals surface area contributed by atoms with Crippen molar-refractivity contribution in [2.24, 2.45) is 7.05 Å². The van der Waals surface area contributed by atoms with Gasteiger partial charge in [0.25, 0.3) is 0 Å². The van der Waals surface area contributed by atoms with Gasteiger partial charge in [0.2, 0.25) is 0 Å². The second-order valence-electron chi connectivity index (χ2n) is 4.65. The number of hydrogen-bond acceptors (Lipinski definition) is 3. The van der Waals surface area contributed by atoms with E-state index in [1.807, 2.05) is 17.7 Å². The van der Waals surface area contributed by atoms with Crippen LogP contribution in [0.15, 0.2) is 35.1 Å². The number of aromatic nitrogens is 3. The minimum atomic E-state index is 0.212. The normalized spacial score (nSPS) is 17.4. The summed E-state index contributed by atoms with van der Waals surface area (Å²) in [5.74, 6) is 1.01. The molecule has 5 heteroatoms. The summed E-state index contributed by atoms with van der Waals surface area (Å²) in [6.45, 7) is 2.26. The number of hydrogen-bond donors (Lipinski definition) is 0. The van der Waals surface area contributed by atoms with E-state index >= 15 is 0 Å². The van der Waals surface area contributed by atoms with Crippen LogP contribution in [0, 0.1) is 0 Å². The lowest BCUT2D eigenvalue weighted by Crippen LogP contribution is -2.41. The minimum absolute atomic E-state index is 0.212. The summed E-state index contributed by atoms with van der Waals surface area (Å²) >= 11 is 3.54. The molecular formula is C13H15BrN4. The fourth-order valence-electron chi connectivity index (χ4n) is 2.34. The Bertz CT molecular complexity index is 547. The number of nitrogens with zero attached hydrogens (tertiary/aromatic N) is 4. The fraction of sp³-hybridized carbons (Fsp3) is 0.385. The van der Waals surface area contributed by atoms with E-state index in [0.717, 1.165) is 23.4 Å². The van der Waals surface area contributed by atoms with Gasteiger partial charge >= 0.3 is 0 Å². The lowest BCUT2D eigenvalue weighted by atomic mass is 10.0. The molecule has 1 saturated heterocycles. The molecule has 0 saturated carbocycles. The van der Waals surface area contributed by atoms with Crippen molar-refractivity contribution in [2.45, 2.75) is 12.5 Å². The molecule has 94 valence electrons. The molecular weight excluding hydrogens is 292 g/mol. The van der Waals surface area contributed by atoms with E-state index < -0.39 is 0 Å². The number of likely N-dealkylation sites (tertiary alicyclic amines) is 1. The summed E-state index contributed by atoms with van der Waals surface area (Å²) < 4.78 is 3.11. The molecule has 0 aliphatic carbocycles. The lowest BCUT2D eigenvalue weighted by Gasteiger charge is -2.37. The summed E-state index contributed by atoms with van der Waals surface area (Å²) in [6, 6.07) is 8.65. The van der Waals surface area contributed by atoms with Crippen LogP contribution in [0.5, 0.6) is 0 Å². The van der Waals surface area contributed by atoms with E-state index in [1.54, 1.807) is 6.33 Å². The quantitative estimate of drug-likeness (QED) is 0.873. The highest BCUT2D eigenvalue weighted by atomic mass is 79.9. The van der Waals surface area contributed by atoms with Gasteiger partial charge in [0.15, 0.2) is 5.82 Å².